The maximum Gasteiger partial charge on any atom is 0.0738 e. The summed E-state index contributed by atoms with van der Waals surface area (Å²) in [4.78, 5) is 0. The molecule has 0 bridgehead atoms. The minimum Gasteiger partial charge on any atom is -0.392 e. The SMILES string of the molecule is CCn1nc(C)c(Br)c1CC(O)C1CC(C)=CC(C)C1. The molecule has 0 aliphatic heterocycles. The second-order valence-electron chi connectivity index (χ2n) is 6.12. The first-order valence-corrected chi connectivity index (χ1v) is 8.28. The first-order valence-electron chi connectivity index (χ1n) is 7.49. The summed E-state index contributed by atoms with van der Waals surface area (Å²) in [6, 6.07) is 0. The Morgan fingerprint density at radius 3 is 2.80 bits per heavy atom. The lowest BCUT2D eigenvalue weighted by molar-refractivity contribution is 0.0911. The highest BCUT2D eigenvalue weighted by molar-refractivity contribution is 9.10. The molecule has 1 aliphatic rings. The quantitative estimate of drug-likeness (QED) is 0.845. The van der Waals surface area contributed by atoms with Gasteiger partial charge in [-0.15, -0.1) is 0 Å². The lowest BCUT2D eigenvalue weighted by Crippen LogP contribution is -2.28. The van der Waals surface area contributed by atoms with Gasteiger partial charge in [0.05, 0.1) is 22.0 Å². The van der Waals surface area contributed by atoms with Crippen LogP contribution in [0.5, 0.6) is 0 Å². The van der Waals surface area contributed by atoms with Crippen molar-refractivity contribution in [2.24, 2.45) is 11.8 Å². The van der Waals surface area contributed by atoms with Crippen LogP contribution in [-0.4, -0.2) is 21.0 Å². The number of hydrogen-bond donors (Lipinski definition) is 1. The zero-order valence-corrected chi connectivity index (χ0v) is 14.4. The monoisotopic (exact) mass is 340 g/mol. The number of rotatable bonds is 4. The highest BCUT2D eigenvalue weighted by atomic mass is 79.9. The molecular formula is C16H25BrN2O. The van der Waals surface area contributed by atoms with Crippen LogP contribution in [0.4, 0.5) is 0 Å². The van der Waals surface area contributed by atoms with Crippen LogP contribution in [0.2, 0.25) is 0 Å². The lowest BCUT2D eigenvalue weighted by Gasteiger charge is -2.29. The molecule has 0 radical (unpaired) electrons. The first-order chi connectivity index (χ1) is 9.42. The van der Waals surface area contributed by atoms with Gasteiger partial charge in [0, 0.05) is 13.0 Å². The van der Waals surface area contributed by atoms with Crippen molar-refractivity contribution in [2.45, 2.75) is 59.6 Å². The number of aromatic nitrogens is 2. The normalized spacial score (nSPS) is 24.6. The summed E-state index contributed by atoms with van der Waals surface area (Å²) in [5.74, 6) is 0.937. The Hall–Kier alpha value is -0.610. The molecule has 112 valence electrons. The number of halogens is 1. The van der Waals surface area contributed by atoms with Crippen molar-refractivity contribution in [1.82, 2.24) is 9.78 Å². The van der Waals surface area contributed by atoms with Crippen molar-refractivity contribution in [1.29, 1.82) is 0 Å². The van der Waals surface area contributed by atoms with Crippen LogP contribution >= 0.6 is 15.9 Å². The van der Waals surface area contributed by atoms with Crippen LogP contribution in [-0.2, 0) is 13.0 Å². The summed E-state index contributed by atoms with van der Waals surface area (Å²) >= 11 is 3.61. The number of nitrogens with zero attached hydrogens (tertiary/aromatic N) is 2. The van der Waals surface area contributed by atoms with E-state index in [1.165, 1.54) is 5.57 Å². The number of hydrogen-bond acceptors (Lipinski definition) is 2. The number of aliphatic hydroxyl groups is 1. The molecule has 0 saturated carbocycles. The van der Waals surface area contributed by atoms with Gasteiger partial charge in [0.2, 0.25) is 0 Å². The van der Waals surface area contributed by atoms with E-state index in [9.17, 15) is 5.11 Å². The molecule has 0 aromatic carbocycles. The Kier molecular flexibility index (Phi) is 5.08. The van der Waals surface area contributed by atoms with Crippen LogP contribution in [0.25, 0.3) is 0 Å². The van der Waals surface area contributed by atoms with Crippen molar-refractivity contribution < 1.29 is 5.11 Å². The molecular weight excluding hydrogens is 316 g/mol. The van der Waals surface area contributed by atoms with E-state index in [2.05, 4.69) is 47.9 Å². The topological polar surface area (TPSA) is 38.0 Å². The van der Waals surface area contributed by atoms with Crippen LogP contribution in [0.3, 0.4) is 0 Å². The molecule has 1 aromatic rings. The molecule has 2 rings (SSSR count). The van der Waals surface area contributed by atoms with Crippen molar-refractivity contribution in [3.8, 4) is 0 Å². The number of aliphatic hydroxyl groups excluding tert-OH is 1. The van der Waals surface area contributed by atoms with E-state index in [1.54, 1.807) is 0 Å². The van der Waals surface area contributed by atoms with Gasteiger partial charge < -0.3 is 5.11 Å². The first kappa shape index (κ1) is 15.8. The van der Waals surface area contributed by atoms with Gasteiger partial charge in [-0.3, -0.25) is 4.68 Å². The second kappa shape index (κ2) is 6.44. The predicted molar refractivity (Wildman–Crippen MR) is 85.7 cm³/mol. The Bertz CT molecular complexity index is 507. The third-order valence-corrected chi connectivity index (χ3v) is 5.26. The Morgan fingerprint density at radius 2 is 2.20 bits per heavy atom. The molecule has 1 N–H and O–H groups in total. The van der Waals surface area contributed by atoms with E-state index < -0.39 is 0 Å². The number of allylic oxidation sites excluding steroid dienone is 2. The molecule has 3 unspecified atom stereocenters. The van der Waals surface area contributed by atoms with Gasteiger partial charge in [-0.1, -0.05) is 18.6 Å². The molecule has 0 fully saturated rings. The Labute approximate surface area is 130 Å². The zero-order chi connectivity index (χ0) is 14.9. The standard InChI is InChI=1S/C16H25BrN2O/c1-5-19-14(16(17)12(4)18-19)9-15(20)13-7-10(2)6-11(3)8-13/h6,10,13,15,20H,5,7-9H2,1-4H3. The minimum atomic E-state index is -0.293. The minimum absolute atomic E-state index is 0.293. The van der Waals surface area contributed by atoms with Crippen molar-refractivity contribution >= 4 is 15.9 Å². The summed E-state index contributed by atoms with van der Waals surface area (Å²) in [5, 5.41) is 15.1. The van der Waals surface area contributed by atoms with E-state index in [4.69, 9.17) is 0 Å². The summed E-state index contributed by atoms with van der Waals surface area (Å²) < 4.78 is 3.05. The fraction of sp³-hybridized carbons (Fsp3) is 0.688. The van der Waals surface area contributed by atoms with Gasteiger partial charge in [-0.2, -0.15) is 5.10 Å². The predicted octanol–water partition coefficient (Wildman–Crippen LogP) is 3.87. The van der Waals surface area contributed by atoms with E-state index in [1.807, 2.05) is 11.6 Å². The highest BCUT2D eigenvalue weighted by Gasteiger charge is 2.27. The molecule has 0 spiro atoms. The summed E-state index contributed by atoms with van der Waals surface area (Å²) in [6.07, 6.45) is 4.82. The van der Waals surface area contributed by atoms with Crippen LogP contribution in [0.1, 0.15) is 45.0 Å². The Balaban J connectivity index is 2.12. The van der Waals surface area contributed by atoms with Crippen LogP contribution in [0.15, 0.2) is 16.1 Å². The molecule has 4 heteroatoms. The average molecular weight is 341 g/mol. The lowest BCUT2D eigenvalue weighted by atomic mass is 9.79. The third kappa shape index (κ3) is 3.34. The molecule has 3 atom stereocenters. The van der Waals surface area contributed by atoms with Gasteiger partial charge in [-0.05, 0) is 61.4 Å². The van der Waals surface area contributed by atoms with Crippen LogP contribution < -0.4 is 0 Å². The van der Waals surface area contributed by atoms with Gasteiger partial charge in [0.15, 0.2) is 0 Å². The van der Waals surface area contributed by atoms with Crippen molar-refractivity contribution in [2.75, 3.05) is 0 Å². The van der Waals surface area contributed by atoms with Gasteiger partial charge >= 0.3 is 0 Å². The van der Waals surface area contributed by atoms with Gasteiger partial charge in [0.1, 0.15) is 0 Å². The van der Waals surface area contributed by atoms with Gasteiger partial charge in [0.25, 0.3) is 0 Å². The Morgan fingerprint density at radius 1 is 1.50 bits per heavy atom. The molecule has 1 aliphatic carbocycles. The van der Waals surface area contributed by atoms with E-state index in [0.29, 0.717) is 18.3 Å². The smallest absolute Gasteiger partial charge is 0.0738 e. The van der Waals surface area contributed by atoms with E-state index >= 15 is 0 Å². The van der Waals surface area contributed by atoms with E-state index in [-0.39, 0.29) is 6.10 Å². The maximum absolute atomic E-state index is 10.6. The summed E-state index contributed by atoms with van der Waals surface area (Å²) in [6.45, 7) is 9.34. The van der Waals surface area contributed by atoms with E-state index in [0.717, 1.165) is 35.2 Å². The fourth-order valence-corrected chi connectivity index (χ4v) is 3.76. The molecule has 1 aromatic heterocycles. The maximum atomic E-state index is 10.6. The molecule has 1 heterocycles. The zero-order valence-electron chi connectivity index (χ0n) is 12.9. The third-order valence-electron chi connectivity index (χ3n) is 4.23. The largest absolute Gasteiger partial charge is 0.392 e. The molecule has 3 nitrogen and oxygen atoms in total. The summed E-state index contributed by atoms with van der Waals surface area (Å²) in [5.41, 5.74) is 3.53. The fourth-order valence-electron chi connectivity index (χ4n) is 3.32. The summed E-state index contributed by atoms with van der Waals surface area (Å²) in [7, 11) is 0. The molecule has 20 heavy (non-hydrogen) atoms. The van der Waals surface area contributed by atoms with Crippen molar-refractivity contribution in [3.05, 3.63) is 27.5 Å². The second-order valence-corrected chi connectivity index (χ2v) is 6.92. The molecule has 0 amide bonds. The van der Waals surface area contributed by atoms with Crippen LogP contribution in [0, 0.1) is 18.8 Å². The average Bonchev–Trinajstić information content (AvgIpc) is 2.65. The highest BCUT2D eigenvalue weighted by Crippen LogP contribution is 2.32. The molecule has 0 saturated heterocycles. The van der Waals surface area contributed by atoms with Gasteiger partial charge in [-0.25, -0.2) is 0 Å². The van der Waals surface area contributed by atoms with Crippen molar-refractivity contribution in [3.63, 3.8) is 0 Å². The number of aryl methyl sites for hydroxylation is 2.